The lowest BCUT2D eigenvalue weighted by molar-refractivity contribution is 0.0636. The number of carbonyl (C=O) groups is 1. The maximum atomic E-state index is 12.1. The van der Waals surface area contributed by atoms with Crippen molar-refractivity contribution in [3.8, 4) is 0 Å². The number of nitrogens with zero attached hydrogens (tertiary/aromatic N) is 2. The average molecular weight is 370 g/mol. The Balaban J connectivity index is 2.30. The Kier molecular flexibility index (Phi) is 6.39. The molecule has 2 aromatic rings. The molecule has 0 aliphatic carbocycles. The van der Waals surface area contributed by atoms with Gasteiger partial charge in [0.15, 0.2) is 0 Å². The maximum Gasteiger partial charge on any atom is 0.412 e. The Morgan fingerprint density at radius 1 is 1.22 bits per heavy atom. The summed E-state index contributed by atoms with van der Waals surface area (Å²) in [5.41, 5.74) is 1.29. The average Bonchev–Trinajstić information content (AvgIpc) is 2.55. The van der Waals surface area contributed by atoms with Gasteiger partial charge in [-0.25, -0.2) is 14.8 Å². The third-order valence-corrected chi connectivity index (χ3v) is 3.34. The topological polar surface area (TPSA) is 85.4 Å². The molecule has 0 bridgehead atoms. The van der Waals surface area contributed by atoms with E-state index in [1.807, 2.05) is 45.9 Å². The van der Waals surface area contributed by atoms with Crippen LogP contribution < -0.4 is 10.6 Å². The summed E-state index contributed by atoms with van der Waals surface area (Å²) >= 11 is 0. The molecule has 2 rings (SSSR count). The molecule has 1 aromatic carbocycles. The molecule has 7 nitrogen and oxygen atoms in total. The highest BCUT2D eigenvalue weighted by atomic mass is 16.6. The van der Waals surface area contributed by atoms with Crippen LogP contribution >= 0.6 is 0 Å². The molecule has 0 saturated carbocycles. The van der Waals surface area contributed by atoms with Crippen LogP contribution in [0.5, 0.6) is 0 Å². The van der Waals surface area contributed by atoms with Crippen LogP contribution in [0.1, 0.15) is 39.1 Å². The molecule has 27 heavy (non-hydrogen) atoms. The molecule has 0 unspecified atom stereocenters. The predicted octanol–water partition coefficient (Wildman–Crippen LogP) is 4.88. The number of amides is 1. The largest absolute Gasteiger partial charge is 0.494 e. The van der Waals surface area contributed by atoms with Crippen LogP contribution in [0.3, 0.4) is 0 Å². The Hall–Kier alpha value is -3.09. The highest BCUT2D eigenvalue weighted by Gasteiger charge is 2.18. The minimum atomic E-state index is -0.585. The number of hydrogen-bond donors (Lipinski definition) is 2. The monoisotopic (exact) mass is 370 g/mol. The summed E-state index contributed by atoms with van der Waals surface area (Å²) in [6, 6.07) is 7.28. The Morgan fingerprint density at radius 2 is 1.89 bits per heavy atom. The summed E-state index contributed by atoms with van der Waals surface area (Å²) in [6.45, 7) is 13.5. The number of nitrogens with one attached hydrogen (secondary N) is 2. The SMILES string of the molecule is C=C(OCC)c1cnc(C)nc1Nc1ccccc1NC(=O)OC(C)(C)C. The van der Waals surface area contributed by atoms with Crippen molar-refractivity contribution in [1.82, 2.24) is 9.97 Å². The fourth-order valence-corrected chi connectivity index (χ4v) is 2.26. The van der Waals surface area contributed by atoms with Crippen LogP contribution in [0, 0.1) is 6.92 Å². The highest BCUT2D eigenvalue weighted by Crippen LogP contribution is 2.29. The molecule has 144 valence electrons. The molecular formula is C20H26N4O3. The first-order valence-electron chi connectivity index (χ1n) is 8.71. The lowest BCUT2D eigenvalue weighted by atomic mass is 10.2. The summed E-state index contributed by atoms with van der Waals surface area (Å²) in [7, 11) is 0. The highest BCUT2D eigenvalue weighted by molar-refractivity contribution is 5.91. The molecule has 0 saturated heterocycles. The molecule has 0 aliphatic heterocycles. The zero-order valence-corrected chi connectivity index (χ0v) is 16.4. The number of rotatable bonds is 6. The van der Waals surface area contributed by atoms with Gasteiger partial charge in [0, 0.05) is 6.20 Å². The molecular weight excluding hydrogens is 344 g/mol. The van der Waals surface area contributed by atoms with E-state index in [2.05, 4.69) is 27.2 Å². The van der Waals surface area contributed by atoms with E-state index in [9.17, 15) is 4.79 Å². The van der Waals surface area contributed by atoms with Crippen molar-refractivity contribution in [1.29, 1.82) is 0 Å². The first-order valence-corrected chi connectivity index (χ1v) is 8.71. The molecule has 0 radical (unpaired) electrons. The van der Waals surface area contributed by atoms with Crippen LogP contribution in [0.2, 0.25) is 0 Å². The van der Waals surface area contributed by atoms with Crippen molar-refractivity contribution >= 4 is 29.0 Å². The zero-order chi connectivity index (χ0) is 20.0. The minimum Gasteiger partial charge on any atom is -0.494 e. The van der Waals surface area contributed by atoms with Crippen molar-refractivity contribution < 1.29 is 14.3 Å². The van der Waals surface area contributed by atoms with Gasteiger partial charge in [0.2, 0.25) is 0 Å². The van der Waals surface area contributed by atoms with Crippen molar-refractivity contribution in [2.45, 2.75) is 40.2 Å². The number of ether oxygens (including phenoxy) is 2. The quantitative estimate of drug-likeness (QED) is 0.705. The molecule has 0 fully saturated rings. The summed E-state index contributed by atoms with van der Waals surface area (Å²) in [5, 5.41) is 5.98. The van der Waals surface area contributed by atoms with Gasteiger partial charge >= 0.3 is 6.09 Å². The van der Waals surface area contributed by atoms with Crippen LogP contribution in [-0.2, 0) is 9.47 Å². The second-order valence-corrected chi connectivity index (χ2v) is 6.83. The fraction of sp³-hybridized carbons (Fsp3) is 0.350. The molecule has 0 spiro atoms. The van der Waals surface area contributed by atoms with Crippen LogP contribution in [0.4, 0.5) is 22.0 Å². The molecule has 1 heterocycles. The van der Waals surface area contributed by atoms with E-state index in [-0.39, 0.29) is 0 Å². The van der Waals surface area contributed by atoms with E-state index < -0.39 is 11.7 Å². The normalized spacial score (nSPS) is 10.9. The minimum absolute atomic E-state index is 0.470. The Labute approximate surface area is 159 Å². The number of aryl methyl sites for hydroxylation is 1. The summed E-state index contributed by atoms with van der Waals surface area (Å²) in [6.07, 6.45) is 1.13. The summed E-state index contributed by atoms with van der Waals surface area (Å²) < 4.78 is 10.8. The van der Waals surface area contributed by atoms with E-state index in [4.69, 9.17) is 9.47 Å². The van der Waals surface area contributed by atoms with Gasteiger partial charge in [0.05, 0.1) is 23.5 Å². The predicted molar refractivity (Wildman–Crippen MR) is 107 cm³/mol. The van der Waals surface area contributed by atoms with Crippen molar-refractivity contribution in [3.05, 3.63) is 48.4 Å². The Morgan fingerprint density at radius 3 is 2.52 bits per heavy atom. The summed E-state index contributed by atoms with van der Waals surface area (Å²) in [5.74, 6) is 1.61. The molecule has 7 heteroatoms. The molecule has 2 N–H and O–H groups in total. The lowest BCUT2D eigenvalue weighted by Gasteiger charge is -2.21. The van der Waals surface area contributed by atoms with E-state index >= 15 is 0 Å². The molecule has 0 atom stereocenters. The van der Waals surface area contributed by atoms with E-state index in [1.54, 1.807) is 19.2 Å². The molecule has 0 aliphatic rings. The van der Waals surface area contributed by atoms with E-state index in [0.29, 0.717) is 40.9 Å². The number of carbonyl (C=O) groups excluding carboxylic acids is 1. The zero-order valence-electron chi connectivity index (χ0n) is 16.4. The van der Waals surface area contributed by atoms with Crippen molar-refractivity contribution in [3.63, 3.8) is 0 Å². The second kappa shape index (κ2) is 8.53. The van der Waals surface area contributed by atoms with Crippen LogP contribution in [-0.4, -0.2) is 28.3 Å². The smallest absolute Gasteiger partial charge is 0.412 e. The second-order valence-electron chi connectivity index (χ2n) is 6.83. The van der Waals surface area contributed by atoms with Gasteiger partial charge < -0.3 is 14.8 Å². The van der Waals surface area contributed by atoms with Crippen molar-refractivity contribution in [2.24, 2.45) is 0 Å². The number of aromatic nitrogens is 2. The third kappa shape index (κ3) is 5.99. The van der Waals surface area contributed by atoms with Crippen LogP contribution in [0.15, 0.2) is 37.0 Å². The van der Waals surface area contributed by atoms with Gasteiger partial charge in [0.25, 0.3) is 0 Å². The van der Waals surface area contributed by atoms with Gasteiger partial charge in [-0.05, 0) is 46.8 Å². The number of benzene rings is 1. The lowest BCUT2D eigenvalue weighted by Crippen LogP contribution is -2.27. The number of hydrogen-bond acceptors (Lipinski definition) is 6. The van der Waals surface area contributed by atoms with Gasteiger partial charge in [-0.1, -0.05) is 18.7 Å². The molecule has 1 amide bonds. The first kappa shape index (κ1) is 20.2. The van der Waals surface area contributed by atoms with Gasteiger partial charge in [0.1, 0.15) is 23.0 Å². The molecule has 1 aromatic heterocycles. The standard InChI is InChI=1S/C20H26N4O3/c1-7-26-13(2)15-12-21-14(3)22-18(15)23-16-10-8-9-11-17(16)24-19(25)27-20(4,5)6/h8-12H,2,7H2,1,3-6H3,(H,24,25)(H,21,22,23). The van der Waals surface area contributed by atoms with Gasteiger partial charge in [-0.2, -0.15) is 0 Å². The van der Waals surface area contributed by atoms with Crippen LogP contribution in [0.25, 0.3) is 5.76 Å². The summed E-state index contributed by atoms with van der Waals surface area (Å²) in [4.78, 5) is 20.8. The number of para-hydroxylation sites is 2. The van der Waals surface area contributed by atoms with E-state index in [1.165, 1.54) is 0 Å². The Bertz CT molecular complexity index is 828. The van der Waals surface area contributed by atoms with Gasteiger partial charge in [-0.15, -0.1) is 0 Å². The third-order valence-electron chi connectivity index (χ3n) is 3.34. The fourth-order valence-electron chi connectivity index (χ4n) is 2.26. The van der Waals surface area contributed by atoms with E-state index in [0.717, 1.165) is 0 Å². The first-order chi connectivity index (χ1) is 12.7. The van der Waals surface area contributed by atoms with Crippen molar-refractivity contribution in [2.75, 3.05) is 17.2 Å². The number of anilines is 3. The maximum absolute atomic E-state index is 12.1. The van der Waals surface area contributed by atoms with Gasteiger partial charge in [-0.3, -0.25) is 5.32 Å².